The lowest BCUT2D eigenvalue weighted by Gasteiger charge is -2.02. The Bertz CT molecular complexity index is 518. The number of aromatic nitrogens is 3. The van der Waals surface area contributed by atoms with Gasteiger partial charge in [-0.05, 0) is 29.0 Å². The number of nitrogens with zero attached hydrogens (tertiary/aromatic N) is 3. The van der Waals surface area contributed by atoms with Gasteiger partial charge in [0.1, 0.15) is 5.15 Å². The van der Waals surface area contributed by atoms with Crippen molar-refractivity contribution in [3.05, 3.63) is 16.9 Å². The second-order valence-electron chi connectivity index (χ2n) is 2.93. The summed E-state index contributed by atoms with van der Waals surface area (Å²) in [6.45, 7) is 5.94. The Balaban J connectivity index is 0.000000686. The Morgan fingerprint density at radius 1 is 1.47 bits per heavy atom. The molecule has 0 saturated heterocycles. The first kappa shape index (κ1) is 14.9. The van der Waals surface area contributed by atoms with Gasteiger partial charge in [-0.3, -0.25) is 0 Å². The lowest BCUT2D eigenvalue weighted by molar-refractivity contribution is 0.403. The summed E-state index contributed by atoms with van der Waals surface area (Å²) < 4.78 is 7.10. The van der Waals surface area contributed by atoms with Gasteiger partial charge in [0.25, 0.3) is 0 Å². The first-order valence-electron chi connectivity index (χ1n) is 5.14. The van der Waals surface area contributed by atoms with Crippen LogP contribution >= 0.6 is 40.0 Å². The molecule has 2 rings (SSSR count). The number of halogens is 2. The van der Waals surface area contributed by atoms with Crippen LogP contribution in [0.15, 0.2) is 6.07 Å². The van der Waals surface area contributed by atoms with E-state index in [9.17, 15) is 0 Å². The molecule has 0 bridgehead atoms. The maximum Gasteiger partial charge on any atom is 0.226 e. The number of rotatable bonds is 2. The molecule has 0 fully saturated rings. The lowest BCUT2D eigenvalue weighted by atomic mass is 10.2. The summed E-state index contributed by atoms with van der Waals surface area (Å²) in [5, 5.41) is 5.76. The summed E-state index contributed by atoms with van der Waals surface area (Å²) in [4.78, 5) is 4.12. The Morgan fingerprint density at radius 2 is 2.12 bits per heavy atom. The second kappa shape index (κ2) is 6.71. The van der Waals surface area contributed by atoms with Crippen LogP contribution in [0.2, 0.25) is 5.15 Å². The van der Waals surface area contributed by atoms with Crippen LogP contribution in [-0.4, -0.2) is 21.6 Å². The van der Waals surface area contributed by atoms with E-state index in [0.717, 1.165) is 16.6 Å². The average Bonchev–Trinajstić information content (AvgIpc) is 2.67. The molecule has 17 heavy (non-hydrogen) atoms. The molecule has 0 aromatic carbocycles. The minimum atomic E-state index is 0.426. The van der Waals surface area contributed by atoms with Gasteiger partial charge in [0.15, 0.2) is 0 Å². The zero-order chi connectivity index (χ0) is 13.0. The predicted octanol–water partition coefficient (Wildman–Crippen LogP) is 4.22. The number of hydrogen-bond acceptors (Lipinski definition) is 3. The van der Waals surface area contributed by atoms with Crippen LogP contribution in [0, 0.1) is 6.92 Å². The van der Waals surface area contributed by atoms with Crippen molar-refractivity contribution in [2.75, 3.05) is 7.11 Å². The fourth-order valence-electron chi connectivity index (χ4n) is 1.45. The summed E-state index contributed by atoms with van der Waals surface area (Å²) in [6, 6.07) is 1.81. The van der Waals surface area contributed by atoms with Crippen molar-refractivity contribution in [3.63, 3.8) is 0 Å². The van der Waals surface area contributed by atoms with Gasteiger partial charge < -0.3 is 4.74 Å². The van der Waals surface area contributed by atoms with Crippen molar-refractivity contribution in [2.24, 2.45) is 0 Å². The number of pyridine rings is 1. The van der Waals surface area contributed by atoms with Gasteiger partial charge in [0.05, 0.1) is 30.1 Å². The van der Waals surface area contributed by atoms with Gasteiger partial charge >= 0.3 is 0 Å². The van der Waals surface area contributed by atoms with Crippen LogP contribution in [0.3, 0.4) is 0 Å². The highest BCUT2D eigenvalue weighted by Gasteiger charge is 2.14. The van der Waals surface area contributed by atoms with Crippen LogP contribution in [0.5, 0.6) is 5.88 Å². The maximum absolute atomic E-state index is 5.91. The zero-order valence-electron chi connectivity index (χ0n) is 10.1. The van der Waals surface area contributed by atoms with Crippen molar-refractivity contribution in [1.29, 1.82) is 0 Å². The topological polar surface area (TPSA) is 39.9 Å². The Labute approximate surface area is 120 Å². The highest BCUT2D eigenvalue weighted by molar-refractivity contribution is 14.2. The molecule has 0 N–H and O–H groups in total. The third kappa shape index (κ3) is 3.01. The Kier molecular flexibility index (Phi) is 5.89. The smallest absolute Gasteiger partial charge is 0.226 e. The van der Waals surface area contributed by atoms with E-state index in [4.69, 9.17) is 16.3 Å². The fourth-order valence-corrected chi connectivity index (χ4v) is 3.19. The number of fused-ring (bicyclic) bond motifs is 1. The van der Waals surface area contributed by atoms with Gasteiger partial charge in [0, 0.05) is 6.07 Å². The van der Waals surface area contributed by atoms with Gasteiger partial charge in [-0.2, -0.15) is 5.10 Å². The summed E-state index contributed by atoms with van der Waals surface area (Å²) in [6.07, 6.45) is 0.532. The molecule has 0 radical (unpaired) electrons. The number of methoxy groups -OCH3 is 1. The molecule has 0 aliphatic rings. The minimum Gasteiger partial charge on any atom is -0.480 e. The molecule has 94 valence electrons. The van der Waals surface area contributed by atoms with Crippen molar-refractivity contribution in [2.45, 2.75) is 20.8 Å². The number of hydrogen-bond donors (Lipinski definition) is 0. The highest BCUT2D eigenvalue weighted by atomic mass is 127. The molecule has 0 aliphatic heterocycles. The quantitative estimate of drug-likeness (QED) is 0.441. The first-order chi connectivity index (χ1) is 8.17. The molecule has 1 unspecified atom stereocenters. The van der Waals surface area contributed by atoms with Crippen LogP contribution in [-0.2, 0) is 0 Å². The molecule has 2 aromatic rings. The summed E-state index contributed by atoms with van der Waals surface area (Å²) in [5.41, 5.74) is 1.88. The molecule has 0 amide bonds. The monoisotopic (exact) mass is 385 g/mol. The third-order valence-electron chi connectivity index (χ3n) is 2.05. The maximum atomic E-state index is 5.91. The number of aryl methyl sites for hydroxylation is 1. The van der Waals surface area contributed by atoms with Crippen molar-refractivity contribution in [3.8, 4) is 5.88 Å². The highest BCUT2D eigenvalue weighted by Crippen LogP contribution is 2.35. The molecule has 0 saturated carbocycles. The molecule has 1 atom stereocenters. The van der Waals surface area contributed by atoms with Crippen molar-refractivity contribution in [1.82, 2.24) is 14.5 Å². The molecule has 0 spiro atoms. The van der Waals surface area contributed by atoms with E-state index in [1.807, 2.05) is 31.3 Å². The zero-order valence-corrected chi connectivity index (χ0v) is 14.0. The van der Waals surface area contributed by atoms with Crippen LogP contribution < -0.4 is 4.74 Å². The molecule has 7 heteroatoms. The van der Waals surface area contributed by atoms with E-state index in [1.165, 1.54) is 0 Å². The Hall–Kier alpha value is -0.130. The van der Waals surface area contributed by atoms with E-state index in [0.29, 0.717) is 17.4 Å². The lowest BCUT2D eigenvalue weighted by Crippen LogP contribution is -1.90. The molecule has 2 heterocycles. The van der Waals surface area contributed by atoms with E-state index >= 15 is 0 Å². The molecule has 0 aliphatic carbocycles. The summed E-state index contributed by atoms with van der Waals surface area (Å²) >= 11 is 8.18. The van der Waals surface area contributed by atoms with Gasteiger partial charge in [-0.1, -0.05) is 25.4 Å². The number of ether oxygens (including phenoxy) is 1. The van der Waals surface area contributed by atoms with Crippen molar-refractivity contribution < 1.29 is 4.74 Å². The summed E-state index contributed by atoms with van der Waals surface area (Å²) in [5.74, 6) is 0.538. The first-order valence-corrected chi connectivity index (χ1v) is 9.58. The van der Waals surface area contributed by atoms with Crippen LogP contribution in [0.1, 0.15) is 19.5 Å². The van der Waals surface area contributed by atoms with Crippen molar-refractivity contribution >= 4 is 50.9 Å². The van der Waals surface area contributed by atoms with Gasteiger partial charge in [-0.15, -0.1) is 0 Å². The molecule has 2 aromatic heterocycles. The van der Waals surface area contributed by atoms with E-state index < -0.39 is 0 Å². The molecular formula is C10H14ClIN3OP. The standard InChI is InChI=1S/C8H8ClIN3OP.C2H6/c1-4-7-5(13(12-4)15-10)3-6(9)11-8(7)14-2;1-2/h3,15H,1-2H3;1-2H3. The van der Waals surface area contributed by atoms with E-state index in [1.54, 1.807) is 7.11 Å². The van der Waals surface area contributed by atoms with E-state index in [2.05, 4.69) is 32.1 Å². The van der Waals surface area contributed by atoms with Gasteiger partial charge in [-0.25, -0.2) is 9.44 Å². The molecular weight excluding hydrogens is 371 g/mol. The normalized spacial score (nSPS) is 10.7. The fraction of sp³-hybridized carbons (Fsp3) is 0.400. The van der Waals surface area contributed by atoms with E-state index in [-0.39, 0.29) is 0 Å². The van der Waals surface area contributed by atoms with Crippen LogP contribution in [0.4, 0.5) is 0 Å². The Morgan fingerprint density at radius 3 is 2.65 bits per heavy atom. The molecule has 4 nitrogen and oxygen atoms in total. The summed E-state index contributed by atoms with van der Waals surface area (Å²) in [7, 11) is 1.58. The largest absolute Gasteiger partial charge is 0.480 e. The second-order valence-corrected chi connectivity index (χ2v) is 5.36. The van der Waals surface area contributed by atoms with Gasteiger partial charge in [0.2, 0.25) is 5.88 Å². The minimum absolute atomic E-state index is 0.426. The van der Waals surface area contributed by atoms with Crippen LogP contribution in [0.25, 0.3) is 10.9 Å². The third-order valence-corrected chi connectivity index (χ3v) is 4.11. The average molecular weight is 386 g/mol. The SMILES string of the molecule is CC.COc1nc(Cl)cc2c1c(C)nn2PI. The predicted molar refractivity (Wildman–Crippen MR) is 82.9 cm³/mol.